The Bertz CT molecular complexity index is 1540. The topological polar surface area (TPSA) is 140 Å². The number of carbonyl (C=O) groups is 1. The van der Waals surface area contributed by atoms with E-state index in [1.807, 2.05) is 0 Å². The Balaban J connectivity index is 1.34. The molecule has 11 nitrogen and oxygen atoms in total. The maximum atomic E-state index is 12.9. The highest BCUT2D eigenvalue weighted by atomic mass is 35.5. The summed E-state index contributed by atoms with van der Waals surface area (Å²) in [4.78, 5) is 45.2. The summed E-state index contributed by atoms with van der Waals surface area (Å²) in [5.74, 6) is 0.149. The summed E-state index contributed by atoms with van der Waals surface area (Å²) in [6, 6.07) is 10.8. The minimum absolute atomic E-state index is 0.0845. The average Bonchev–Trinajstić information content (AvgIpc) is 3.28. The van der Waals surface area contributed by atoms with Crippen molar-refractivity contribution in [1.29, 1.82) is 0 Å². The predicted octanol–water partition coefficient (Wildman–Crippen LogP) is 3.80. The average molecular weight is 528 g/mol. The fourth-order valence-corrected chi connectivity index (χ4v) is 4.75. The second-order valence-corrected chi connectivity index (χ2v) is 9.32. The number of benzene rings is 2. The van der Waals surface area contributed by atoms with Crippen LogP contribution < -0.4 is 5.56 Å². The van der Waals surface area contributed by atoms with Crippen molar-refractivity contribution in [1.82, 2.24) is 29.9 Å². The highest BCUT2D eigenvalue weighted by molar-refractivity contribution is 6.35. The lowest BCUT2D eigenvalue weighted by atomic mass is 9.95. The first-order valence-electron chi connectivity index (χ1n) is 11.1. The number of fused-ring (bicyclic) bond motifs is 1. The highest BCUT2D eigenvalue weighted by Gasteiger charge is 2.27. The number of non-ortho nitro benzene ring substituents is 1. The van der Waals surface area contributed by atoms with Crippen molar-refractivity contribution in [2.45, 2.75) is 25.3 Å². The van der Waals surface area contributed by atoms with Crippen molar-refractivity contribution in [2.24, 2.45) is 0 Å². The number of aromatic amines is 1. The zero-order valence-corrected chi connectivity index (χ0v) is 20.2. The van der Waals surface area contributed by atoms with Crippen molar-refractivity contribution in [3.05, 3.63) is 89.9 Å². The molecule has 0 aliphatic carbocycles. The number of aromatic nitrogens is 5. The van der Waals surface area contributed by atoms with Crippen molar-refractivity contribution < 1.29 is 9.72 Å². The Kier molecular flexibility index (Phi) is 6.42. The number of nitrogens with zero attached hydrogens (tertiary/aromatic N) is 6. The SMILES string of the molecule is O=C(c1cccc([N+](=O)[O-])c1)N1CCC(c2nc3c(nnn3Cc3ccc(Cl)cc3Cl)c(=O)[nH]2)CC1. The van der Waals surface area contributed by atoms with Crippen LogP contribution in [-0.4, -0.2) is 53.8 Å². The maximum absolute atomic E-state index is 12.9. The molecule has 36 heavy (non-hydrogen) atoms. The molecule has 1 aliphatic heterocycles. The van der Waals surface area contributed by atoms with Gasteiger partial charge in [0.15, 0.2) is 11.2 Å². The highest BCUT2D eigenvalue weighted by Crippen LogP contribution is 2.27. The number of likely N-dealkylation sites (tertiary alicyclic amines) is 1. The van der Waals surface area contributed by atoms with E-state index in [2.05, 4.69) is 20.3 Å². The fraction of sp³-hybridized carbons (Fsp3) is 0.261. The lowest BCUT2D eigenvalue weighted by molar-refractivity contribution is -0.384. The van der Waals surface area contributed by atoms with Crippen LogP contribution in [0.2, 0.25) is 10.0 Å². The van der Waals surface area contributed by atoms with Gasteiger partial charge in [0, 0.05) is 46.7 Å². The summed E-state index contributed by atoms with van der Waals surface area (Å²) >= 11 is 12.3. The Hall–Kier alpha value is -3.83. The van der Waals surface area contributed by atoms with E-state index in [1.165, 1.54) is 22.9 Å². The summed E-state index contributed by atoms with van der Waals surface area (Å²) in [6.45, 7) is 1.11. The third-order valence-corrected chi connectivity index (χ3v) is 6.79. The van der Waals surface area contributed by atoms with Gasteiger partial charge in [-0.2, -0.15) is 0 Å². The number of carbonyl (C=O) groups excluding carboxylic acids is 1. The van der Waals surface area contributed by atoms with Crippen molar-refractivity contribution in [3.8, 4) is 0 Å². The predicted molar refractivity (Wildman–Crippen MR) is 132 cm³/mol. The standard InChI is InChI=1S/C23H19Cl2N7O4/c24-16-5-4-15(18(25)11-16)12-31-21-19(28-29-31)22(33)27-20(26-21)13-6-8-30(9-7-13)23(34)14-2-1-3-17(10-14)32(35)36/h1-5,10-11,13H,6-9,12H2,(H,26,27,33). The number of rotatable bonds is 5. The van der Waals surface area contributed by atoms with Gasteiger partial charge < -0.3 is 9.88 Å². The van der Waals surface area contributed by atoms with Crippen LogP contribution in [0.3, 0.4) is 0 Å². The Labute approximate surface area is 213 Å². The zero-order chi connectivity index (χ0) is 25.4. The molecule has 2 aromatic carbocycles. The van der Waals surface area contributed by atoms with Gasteiger partial charge in [0.25, 0.3) is 17.2 Å². The van der Waals surface area contributed by atoms with E-state index in [-0.39, 0.29) is 35.1 Å². The molecule has 1 amide bonds. The maximum Gasteiger partial charge on any atom is 0.281 e. The van der Waals surface area contributed by atoms with Crippen LogP contribution in [0, 0.1) is 10.1 Å². The molecule has 0 unspecified atom stereocenters. The number of hydrogen-bond donors (Lipinski definition) is 1. The van der Waals surface area contributed by atoms with Crippen LogP contribution in [-0.2, 0) is 6.54 Å². The normalized spacial score (nSPS) is 14.3. The number of H-pyrrole nitrogens is 1. The Morgan fingerprint density at radius 3 is 2.67 bits per heavy atom. The van der Waals surface area contributed by atoms with Crippen LogP contribution >= 0.6 is 23.2 Å². The first-order chi connectivity index (χ1) is 17.3. The smallest absolute Gasteiger partial charge is 0.281 e. The molecule has 1 aliphatic rings. The van der Waals surface area contributed by atoms with Crippen LogP contribution in [0.25, 0.3) is 11.2 Å². The molecule has 1 fully saturated rings. The lowest BCUT2D eigenvalue weighted by Gasteiger charge is -2.31. The molecule has 13 heteroatoms. The summed E-state index contributed by atoms with van der Waals surface area (Å²) in [5, 5.41) is 20.1. The van der Waals surface area contributed by atoms with Crippen LogP contribution in [0.4, 0.5) is 5.69 Å². The first kappa shape index (κ1) is 23.9. The van der Waals surface area contributed by atoms with Crippen LogP contribution in [0.15, 0.2) is 47.3 Å². The van der Waals surface area contributed by atoms with Crippen molar-refractivity contribution in [2.75, 3.05) is 13.1 Å². The Morgan fingerprint density at radius 1 is 1.17 bits per heavy atom. The van der Waals surface area contributed by atoms with E-state index >= 15 is 0 Å². The van der Waals surface area contributed by atoms with Crippen LogP contribution in [0.5, 0.6) is 0 Å². The number of hydrogen-bond acceptors (Lipinski definition) is 7. The molecule has 1 saturated heterocycles. The van der Waals surface area contributed by atoms with Crippen molar-refractivity contribution in [3.63, 3.8) is 0 Å². The number of piperidine rings is 1. The van der Waals surface area contributed by atoms with E-state index in [0.717, 1.165) is 5.56 Å². The summed E-state index contributed by atoms with van der Waals surface area (Å²) in [7, 11) is 0. The van der Waals surface area contributed by atoms with E-state index in [0.29, 0.717) is 47.4 Å². The van der Waals surface area contributed by atoms with E-state index in [4.69, 9.17) is 23.2 Å². The lowest BCUT2D eigenvalue weighted by Crippen LogP contribution is -2.38. The molecule has 3 heterocycles. The second kappa shape index (κ2) is 9.67. The monoisotopic (exact) mass is 527 g/mol. The molecule has 4 aromatic rings. The minimum Gasteiger partial charge on any atom is -0.339 e. The summed E-state index contributed by atoms with van der Waals surface area (Å²) in [6.07, 6.45) is 1.14. The first-order valence-corrected chi connectivity index (χ1v) is 11.9. The quantitative estimate of drug-likeness (QED) is 0.307. The number of nitrogens with one attached hydrogen (secondary N) is 1. The molecule has 0 spiro atoms. The third-order valence-electron chi connectivity index (χ3n) is 6.20. The van der Waals surface area contributed by atoms with Gasteiger partial charge in [-0.15, -0.1) is 5.10 Å². The minimum atomic E-state index is -0.526. The molecule has 0 atom stereocenters. The molecular formula is C23H19Cl2N7O4. The molecule has 0 bridgehead atoms. The van der Waals surface area contributed by atoms with Gasteiger partial charge in [0.05, 0.1) is 11.5 Å². The molecule has 2 aromatic heterocycles. The summed E-state index contributed by atoms with van der Waals surface area (Å²) in [5.41, 5.74) is 0.974. The van der Waals surface area contributed by atoms with Crippen molar-refractivity contribution >= 4 is 46.0 Å². The molecule has 5 rings (SSSR count). The molecule has 0 radical (unpaired) electrons. The van der Waals surface area contributed by atoms with Gasteiger partial charge in [0.1, 0.15) is 5.82 Å². The largest absolute Gasteiger partial charge is 0.339 e. The van der Waals surface area contributed by atoms with Gasteiger partial charge in [-0.05, 0) is 36.6 Å². The van der Waals surface area contributed by atoms with E-state index in [9.17, 15) is 19.7 Å². The molecule has 0 saturated carbocycles. The fourth-order valence-electron chi connectivity index (χ4n) is 4.29. The Morgan fingerprint density at radius 2 is 1.94 bits per heavy atom. The third kappa shape index (κ3) is 4.67. The van der Waals surface area contributed by atoms with Gasteiger partial charge in [-0.1, -0.05) is 40.5 Å². The number of nitro groups is 1. The molecular weight excluding hydrogens is 509 g/mol. The number of nitro benzene ring substituents is 1. The molecule has 1 N–H and O–H groups in total. The second-order valence-electron chi connectivity index (χ2n) is 8.48. The number of amides is 1. The van der Waals surface area contributed by atoms with E-state index in [1.54, 1.807) is 29.2 Å². The zero-order valence-electron chi connectivity index (χ0n) is 18.7. The van der Waals surface area contributed by atoms with Gasteiger partial charge in [-0.25, -0.2) is 9.67 Å². The van der Waals surface area contributed by atoms with Gasteiger partial charge >= 0.3 is 0 Å². The summed E-state index contributed by atoms with van der Waals surface area (Å²) < 4.78 is 1.52. The van der Waals surface area contributed by atoms with Gasteiger partial charge in [0.2, 0.25) is 0 Å². The van der Waals surface area contributed by atoms with Crippen LogP contribution in [0.1, 0.15) is 40.5 Å². The van der Waals surface area contributed by atoms with Gasteiger partial charge in [-0.3, -0.25) is 19.7 Å². The van der Waals surface area contributed by atoms with E-state index < -0.39 is 10.5 Å². The number of halogens is 2. The molecule has 184 valence electrons.